The number of piperidine rings is 1. The van der Waals surface area contributed by atoms with Crippen LogP contribution in [0.4, 0.5) is 5.82 Å². The lowest BCUT2D eigenvalue weighted by Gasteiger charge is -2.34. The van der Waals surface area contributed by atoms with E-state index in [0.717, 1.165) is 48.4 Å². The van der Waals surface area contributed by atoms with Crippen molar-refractivity contribution < 1.29 is 9.90 Å². The molecule has 160 valence electrons. The Morgan fingerprint density at radius 3 is 2.97 bits per heavy atom. The largest absolute Gasteiger partial charge is 0.390 e. The van der Waals surface area contributed by atoms with Crippen molar-refractivity contribution >= 4 is 28.7 Å². The Kier molecular flexibility index (Phi) is 5.12. The Morgan fingerprint density at radius 2 is 2.23 bits per heavy atom. The highest BCUT2D eigenvalue weighted by Crippen LogP contribution is 2.33. The van der Waals surface area contributed by atoms with Crippen LogP contribution >= 0.6 is 11.3 Å². The molecule has 2 saturated heterocycles. The van der Waals surface area contributed by atoms with Crippen LogP contribution in [0.1, 0.15) is 46.9 Å². The number of hydrogen-bond donors (Lipinski definition) is 1. The maximum atomic E-state index is 13.1. The van der Waals surface area contributed by atoms with Crippen LogP contribution in [-0.4, -0.2) is 56.2 Å². The number of aryl methyl sites for hydroxylation is 1. The molecular weight excluding hydrogens is 412 g/mol. The van der Waals surface area contributed by atoms with Gasteiger partial charge in [-0.3, -0.25) is 4.79 Å². The molecule has 5 rings (SSSR count). The van der Waals surface area contributed by atoms with Gasteiger partial charge in [-0.15, -0.1) is 0 Å². The van der Waals surface area contributed by atoms with Crippen molar-refractivity contribution in [2.24, 2.45) is 5.92 Å². The number of anilines is 1. The molecule has 5 heterocycles. The fourth-order valence-corrected chi connectivity index (χ4v) is 5.25. The first-order valence-electron chi connectivity index (χ1n) is 10.6. The van der Waals surface area contributed by atoms with Gasteiger partial charge < -0.3 is 14.9 Å². The number of fused-ring (bicyclic) bond motifs is 1. The minimum absolute atomic E-state index is 0.0569. The van der Waals surface area contributed by atoms with Gasteiger partial charge in [0, 0.05) is 42.8 Å². The molecule has 3 aromatic rings. The molecule has 0 saturated carbocycles. The van der Waals surface area contributed by atoms with E-state index in [4.69, 9.17) is 10.1 Å². The standard InChI is InChI=1S/C22H24N6O2S/c1-14-10-28-20(24-21(14)26-11-16(9-23)19(29)12-26)8-17(25-28)18-4-2-3-6-27(18)22(30)15-5-7-31-13-15/h5,7-8,10,13,16,18-19,29H,2-4,6,11-12H2,1H3/t16-,18+,19+/m1/s1. The van der Waals surface area contributed by atoms with Crippen molar-refractivity contribution in [2.75, 3.05) is 24.5 Å². The Balaban J connectivity index is 1.46. The molecule has 0 aliphatic carbocycles. The van der Waals surface area contributed by atoms with Crippen LogP contribution < -0.4 is 4.90 Å². The molecule has 31 heavy (non-hydrogen) atoms. The first-order valence-corrected chi connectivity index (χ1v) is 11.5. The highest BCUT2D eigenvalue weighted by Gasteiger charge is 2.34. The van der Waals surface area contributed by atoms with Gasteiger partial charge in [0.15, 0.2) is 5.65 Å². The number of aromatic nitrogens is 3. The molecule has 2 fully saturated rings. The van der Waals surface area contributed by atoms with Gasteiger partial charge in [0.2, 0.25) is 0 Å². The topological polar surface area (TPSA) is 97.8 Å². The molecule has 2 aliphatic rings. The number of carbonyl (C=O) groups is 1. The lowest BCUT2D eigenvalue weighted by Crippen LogP contribution is -2.38. The fraction of sp³-hybridized carbons (Fsp3) is 0.455. The van der Waals surface area contributed by atoms with Crippen LogP contribution in [0.5, 0.6) is 0 Å². The second kappa shape index (κ2) is 7.94. The molecule has 1 amide bonds. The Labute approximate surface area is 184 Å². The summed E-state index contributed by atoms with van der Waals surface area (Å²) < 4.78 is 1.77. The van der Waals surface area contributed by atoms with E-state index in [1.54, 1.807) is 4.52 Å². The molecule has 0 unspecified atom stereocenters. The molecule has 0 aromatic carbocycles. The van der Waals surface area contributed by atoms with E-state index in [0.29, 0.717) is 18.7 Å². The smallest absolute Gasteiger partial charge is 0.255 e. The number of amides is 1. The highest BCUT2D eigenvalue weighted by atomic mass is 32.1. The average molecular weight is 437 g/mol. The molecule has 3 aromatic heterocycles. The summed E-state index contributed by atoms with van der Waals surface area (Å²) in [6.45, 7) is 3.55. The zero-order chi connectivity index (χ0) is 21.5. The lowest BCUT2D eigenvalue weighted by atomic mass is 9.98. The number of nitrogens with zero attached hydrogens (tertiary/aromatic N) is 6. The quantitative estimate of drug-likeness (QED) is 0.678. The van der Waals surface area contributed by atoms with Gasteiger partial charge in [-0.1, -0.05) is 0 Å². The van der Waals surface area contributed by atoms with Gasteiger partial charge >= 0.3 is 0 Å². The van der Waals surface area contributed by atoms with Crippen LogP contribution in [-0.2, 0) is 0 Å². The molecule has 3 atom stereocenters. The minimum atomic E-state index is -0.665. The van der Waals surface area contributed by atoms with E-state index in [9.17, 15) is 15.2 Å². The van der Waals surface area contributed by atoms with Gasteiger partial charge in [0.1, 0.15) is 5.82 Å². The monoisotopic (exact) mass is 436 g/mol. The third kappa shape index (κ3) is 3.56. The summed E-state index contributed by atoms with van der Waals surface area (Å²) in [5.41, 5.74) is 3.22. The number of rotatable bonds is 3. The van der Waals surface area contributed by atoms with Gasteiger partial charge in [0.05, 0.1) is 35.4 Å². The molecule has 1 N–H and O–H groups in total. The number of carbonyl (C=O) groups excluding carboxylic acids is 1. The average Bonchev–Trinajstić information content (AvgIpc) is 3.52. The second-order valence-corrected chi connectivity index (χ2v) is 9.13. The third-order valence-corrected chi connectivity index (χ3v) is 6.93. The van der Waals surface area contributed by atoms with Gasteiger partial charge in [-0.25, -0.2) is 9.50 Å². The number of nitriles is 1. The lowest BCUT2D eigenvalue weighted by molar-refractivity contribution is 0.0606. The number of likely N-dealkylation sites (tertiary alicyclic amines) is 1. The zero-order valence-corrected chi connectivity index (χ0v) is 18.1. The summed E-state index contributed by atoms with van der Waals surface area (Å²) in [5, 5.41) is 27.9. The van der Waals surface area contributed by atoms with Gasteiger partial charge in [0.25, 0.3) is 5.91 Å². The van der Waals surface area contributed by atoms with E-state index in [-0.39, 0.29) is 11.9 Å². The maximum absolute atomic E-state index is 13.1. The summed E-state index contributed by atoms with van der Waals surface area (Å²) in [6.07, 6.45) is 4.21. The van der Waals surface area contributed by atoms with Gasteiger partial charge in [-0.2, -0.15) is 21.7 Å². The molecule has 0 bridgehead atoms. The Morgan fingerprint density at radius 1 is 1.35 bits per heavy atom. The molecule has 0 radical (unpaired) electrons. The van der Waals surface area contributed by atoms with E-state index >= 15 is 0 Å². The molecular formula is C22H24N6O2S. The fourth-order valence-electron chi connectivity index (χ4n) is 4.62. The van der Waals surface area contributed by atoms with Crippen molar-refractivity contribution in [3.05, 3.63) is 45.9 Å². The number of aliphatic hydroxyl groups excluding tert-OH is 1. The first-order chi connectivity index (χ1) is 15.0. The van der Waals surface area contributed by atoms with Crippen LogP contribution in [0.15, 0.2) is 29.1 Å². The van der Waals surface area contributed by atoms with E-state index in [1.807, 2.05) is 45.8 Å². The Bertz CT molecular complexity index is 1150. The number of thiophene rings is 1. The number of β-amino-alcohol motifs (C(OH)–C–C–N with tert-alkyl or cyclic N) is 1. The van der Waals surface area contributed by atoms with E-state index in [1.165, 1.54) is 11.3 Å². The summed E-state index contributed by atoms with van der Waals surface area (Å²) in [4.78, 5) is 21.8. The van der Waals surface area contributed by atoms with Crippen molar-refractivity contribution in [3.63, 3.8) is 0 Å². The van der Waals surface area contributed by atoms with Crippen molar-refractivity contribution in [1.82, 2.24) is 19.5 Å². The summed E-state index contributed by atoms with van der Waals surface area (Å²) in [7, 11) is 0. The van der Waals surface area contributed by atoms with E-state index < -0.39 is 12.0 Å². The van der Waals surface area contributed by atoms with Crippen LogP contribution in [0.3, 0.4) is 0 Å². The first kappa shape index (κ1) is 20.0. The summed E-state index contributed by atoms with van der Waals surface area (Å²) >= 11 is 1.53. The number of hydrogen-bond acceptors (Lipinski definition) is 7. The SMILES string of the molecule is Cc1cn2nc([C@@H]3CCCCN3C(=O)c3ccsc3)cc2nc1N1C[C@@H](C#N)[C@@H](O)C1. The van der Waals surface area contributed by atoms with Crippen LogP contribution in [0.25, 0.3) is 5.65 Å². The predicted octanol–water partition coefficient (Wildman–Crippen LogP) is 2.79. The van der Waals surface area contributed by atoms with Gasteiger partial charge in [-0.05, 0) is 37.6 Å². The normalized spacial score (nSPS) is 24.0. The van der Waals surface area contributed by atoms with Crippen molar-refractivity contribution in [3.8, 4) is 6.07 Å². The molecule has 2 aliphatic heterocycles. The third-order valence-electron chi connectivity index (χ3n) is 6.25. The predicted molar refractivity (Wildman–Crippen MR) is 117 cm³/mol. The summed E-state index contributed by atoms with van der Waals surface area (Å²) in [6, 6.07) is 5.94. The Hall–Kier alpha value is -2.96. The second-order valence-electron chi connectivity index (χ2n) is 8.35. The molecule has 8 nitrogen and oxygen atoms in total. The zero-order valence-electron chi connectivity index (χ0n) is 17.3. The van der Waals surface area contributed by atoms with Crippen LogP contribution in [0, 0.1) is 24.2 Å². The summed E-state index contributed by atoms with van der Waals surface area (Å²) in [5.74, 6) is 0.420. The maximum Gasteiger partial charge on any atom is 0.255 e. The number of aliphatic hydroxyl groups is 1. The minimum Gasteiger partial charge on any atom is -0.390 e. The van der Waals surface area contributed by atoms with Crippen molar-refractivity contribution in [1.29, 1.82) is 5.26 Å². The van der Waals surface area contributed by atoms with Crippen molar-refractivity contribution in [2.45, 2.75) is 38.3 Å². The van der Waals surface area contributed by atoms with Crippen LogP contribution in [0.2, 0.25) is 0 Å². The molecule has 9 heteroatoms. The highest BCUT2D eigenvalue weighted by molar-refractivity contribution is 7.08. The molecule has 0 spiro atoms. The van der Waals surface area contributed by atoms with E-state index in [2.05, 4.69) is 6.07 Å².